The molecule has 0 unspecified atom stereocenters. The van der Waals surface area contributed by atoms with Crippen molar-refractivity contribution in [1.29, 1.82) is 0 Å². The summed E-state index contributed by atoms with van der Waals surface area (Å²) in [4.78, 5) is 18.3. The van der Waals surface area contributed by atoms with Crippen LogP contribution in [0.4, 0.5) is 5.69 Å². The lowest BCUT2D eigenvalue weighted by atomic mass is 10.1. The lowest BCUT2D eigenvalue weighted by molar-refractivity contribution is 0.102. The zero-order valence-electron chi connectivity index (χ0n) is 15.7. The molecule has 6 nitrogen and oxygen atoms in total. The number of ether oxygens (including phenoxy) is 2. The first-order valence-electron chi connectivity index (χ1n) is 8.65. The third kappa shape index (κ3) is 3.44. The van der Waals surface area contributed by atoms with Crippen LogP contribution in [0.25, 0.3) is 16.2 Å². The van der Waals surface area contributed by atoms with Crippen LogP contribution in [0.1, 0.15) is 16.1 Å². The molecule has 0 radical (unpaired) electrons. The summed E-state index contributed by atoms with van der Waals surface area (Å²) in [6.45, 7) is 2.05. The molecule has 2 heterocycles. The number of carbonyl (C=O) groups is 1. The standard InChI is InChI=1S/C21H19N3O3S/c1-13-4-6-14(7-5-13)18-11-24-19(12-28-21(24)23-18)20(25)22-15-8-16(26-2)10-17(9-15)27-3/h4-12H,1-3H3,(H,22,25). The number of thiazole rings is 1. The molecule has 4 rings (SSSR count). The van der Waals surface area contributed by atoms with Crippen molar-refractivity contribution in [3.05, 3.63) is 65.3 Å². The number of hydrogen-bond acceptors (Lipinski definition) is 5. The predicted molar refractivity (Wildman–Crippen MR) is 111 cm³/mol. The number of methoxy groups -OCH3 is 2. The van der Waals surface area contributed by atoms with Gasteiger partial charge in [-0.2, -0.15) is 0 Å². The van der Waals surface area contributed by atoms with E-state index >= 15 is 0 Å². The fraction of sp³-hybridized carbons (Fsp3) is 0.143. The number of fused-ring (bicyclic) bond motifs is 1. The molecule has 0 bridgehead atoms. The first-order valence-corrected chi connectivity index (χ1v) is 9.53. The smallest absolute Gasteiger partial charge is 0.273 e. The number of imidazole rings is 1. The molecule has 2 aromatic heterocycles. The second-order valence-electron chi connectivity index (χ2n) is 6.32. The van der Waals surface area contributed by atoms with Gasteiger partial charge >= 0.3 is 0 Å². The largest absolute Gasteiger partial charge is 0.497 e. The zero-order valence-corrected chi connectivity index (χ0v) is 16.5. The van der Waals surface area contributed by atoms with E-state index < -0.39 is 0 Å². The summed E-state index contributed by atoms with van der Waals surface area (Å²) in [7, 11) is 3.14. The average molecular weight is 393 g/mol. The third-order valence-corrected chi connectivity index (χ3v) is 5.24. The van der Waals surface area contributed by atoms with Gasteiger partial charge in [0, 0.05) is 41.0 Å². The number of benzene rings is 2. The van der Waals surface area contributed by atoms with Crippen molar-refractivity contribution in [3.63, 3.8) is 0 Å². The van der Waals surface area contributed by atoms with Gasteiger partial charge in [-0.15, -0.1) is 11.3 Å². The number of hydrogen-bond donors (Lipinski definition) is 1. The topological polar surface area (TPSA) is 64.9 Å². The van der Waals surface area contributed by atoms with E-state index in [1.807, 2.05) is 41.8 Å². The third-order valence-electron chi connectivity index (χ3n) is 4.40. The molecule has 0 spiro atoms. The molecule has 1 amide bonds. The fourth-order valence-corrected chi connectivity index (χ4v) is 3.74. The van der Waals surface area contributed by atoms with Crippen LogP contribution in [0.5, 0.6) is 11.5 Å². The number of carbonyl (C=O) groups excluding carboxylic acids is 1. The number of amides is 1. The number of nitrogens with zero attached hydrogens (tertiary/aromatic N) is 2. The second-order valence-corrected chi connectivity index (χ2v) is 7.16. The van der Waals surface area contributed by atoms with Gasteiger partial charge in [0.25, 0.3) is 5.91 Å². The summed E-state index contributed by atoms with van der Waals surface area (Å²) in [5, 5.41) is 4.70. The van der Waals surface area contributed by atoms with Crippen LogP contribution in [-0.2, 0) is 0 Å². The molecule has 1 N–H and O–H groups in total. The van der Waals surface area contributed by atoms with Crippen LogP contribution >= 0.6 is 11.3 Å². The van der Waals surface area contributed by atoms with Crippen LogP contribution in [0.3, 0.4) is 0 Å². The predicted octanol–water partition coefficient (Wildman–Crippen LogP) is 4.64. The Morgan fingerprint density at radius 1 is 1.07 bits per heavy atom. The summed E-state index contributed by atoms with van der Waals surface area (Å²) >= 11 is 1.43. The SMILES string of the molecule is COc1cc(NC(=O)c2csc3nc(-c4ccc(C)cc4)cn23)cc(OC)c1. The van der Waals surface area contributed by atoms with E-state index in [4.69, 9.17) is 9.47 Å². The molecular weight excluding hydrogens is 374 g/mol. The van der Waals surface area contributed by atoms with Crippen molar-refractivity contribution in [3.8, 4) is 22.8 Å². The molecule has 142 valence electrons. The molecule has 0 saturated heterocycles. The van der Waals surface area contributed by atoms with Crippen molar-refractivity contribution in [2.24, 2.45) is 0 Å². The summed E-state index contributed by atoms with van der Waals surface area (Å²) in [6, 6.07) is 13.4. The van der Waals surface area contributed by atoms with Gasteiger partial charge < -0.3 is 14.8 Å². The quantitative estimate of drug-likeness (QED) is 0.536. The number of anilines is 1. The Morgan fingerprint density at radius 2 is 1.75 bits per heavy atom. The number of aryl methyl sites for hydroxylation is 1. The van der Waals surface area contributed by atoms with Gasteiger partial charge in [0.2, 0.25) is 0 Å². The summed E-state index contributed by atoms with van der Waals surface area (Å²) in [6.07, 6.45) is 1.89. The molecule has 0 atom stereocenters. The van der Waals surface area contributed by atoms with Crippen molar-refractivity contribution in [1.82, 2.24) is 9.38 Å². The Kier molecular flexibility index (Phi) is 4.75. The molecule has 28 heavy (non-hydrogen) atoms. The highest BCUT2D eigenvalue weighted by atomic mass is 32.1. The van der Waals surface area contributed by atoms with Crippen LogP contribution < -0.4 is 14.8 Å². The van der Waals surface area contributed by atoms with E-state index in [0.29, 0.717) is 22.9 Å². The molecule has 7 heteroatoms. The maximum absolute atomic E-state index is 12.8. The van der Waals surface area contributed by atoms with Gasteiger partial charge in [-0.1, -0.05) is 29.8 Å². The number of nitrogens with one attached hydrogen (secondary N) is 1. The Labute approximate surface area is 166 Å². The van der Waals surface area contributed by atoms with E-state index in [0.717, 1.165) is 16.2 Å². The van der Waals surface area contributed by atoms with E-state index in [-0.39, 0.29) is 5.91 Å². The molecular formula is C21H19N3O3S. The van der Waals surface area contributed by atoms with E-state index in [9.17, 15) is 4.79 Å². The van der Waals surface area contributed by atoms with Crippen molar-refractivity contribution >= 4 is 27.9 Å². The van der Waals surface area contributed by atoms with Crippen molar-refractivity contribution in [2.45, 2.75) is 6.92 Å². The Balaban J connectivity index is 1.64. The average Bonchev–Trinajstić information content (AvgIpc) is 3.29. The highest BCUT2D eigenvalue weighted by Gasteiger charge is 2.16. The minimum atomic E-state index is -0.227. The van der Waals surface area contributed by atoms with Gasteiger partial charge in [0.05, 0.1) is 19.9 Å². The van der Waals surface area contributed by atoms with Crippen LogP contribution in [-0.4, -0.2) is 29.5 Å². The highest BCUT2D eigenvalue weighted by molar-refractivity contribution is 7.15. The Bertz CT molecular complexity index is 1120. The molecule has 0 aliphatic carbocycles. The maximum Gasteiger partial charge on any atom is 0.273 e. The van der Waals surface area contributed by atoms with Gasteiger partial charge in [0.15, 0.2) is 4.96 Å². The summed E-state index contributed by atoms with van der Waals surface area (Å²) in [5.74, 6) is 0.984. The molecule has 0 saturated carbocycles. The van der Waals surface area contributed by atoms with E-state index in [1.165, 1.54) is 16.9 Å². The zero-order chi connectivity index (χ0) is 19.7. The van der Waals surface area contributed by atoms with Crippen LogP contribution in [0, 0.1) is 6.92 Å². The van der Waals surface area contributed by atoms with Gasteiger partial charge in [-0.05, 0) is 6.92 Å². The highest BCUT2D eigenvalue weighted by Crippen LogP contribution is 2.27. The van der Waals surface area contributed by atoms with Gasteiger partial charge in [-0.3, -0.25) is 9.20 Å². The first kappa shape index (κ1) is 18.1. The van der Waals surface area contributed by atoms with Gasteiger partial charge in [-0.25, -0.2) is 4.98 Å². The fourth-order valence-electron chi connectivity index (χ4n) is 2.89. The lowest BCUT2D eigenvalue weighted by Gasteiger charge is -2.09. The first-order chi connectivity index (χ1) is 13.6. The summed E-state index contributed by atoms with van der Waals surface area (Å²) < 4.78 is 12.3. The summed E-state index contributed by atoms with van der Waals surface area (Å²) in [5.41, 5.74) is 4.17. The normalized spacial score (nSPS) is 10.8. The van der Waals surface area contributed by atoms with Crippen molar-refractivity contribution < 1.29 is 14.3 Å². The molecule has 4 aromatic rings. The van der Waals surface area contributed by atoms with Gasteiger partial charge in [0.1, 0.15) is 17.2 Å². The van der Waals surface area contributed by atoms with E-state index in [1.54, 1.807) is 37.8 Å². The maximum atomic E-state index is 12.8. The molecule has 0 fully saturated rings. The lowest BCUT2D eigenvalue weighted by Crippen LogP contribution is -2.14. The number of rotatable bonds is 5. The number of aromatic nitrogens is 2. The van der Waals surface area contributed by atoms with Crippen LogP contribution in [0.15, 0.2) is 54.0 Å². The minimum Gasteiger partial charge on any atom is -0.497 e. The molecule has 0 aliphatic rings. The van der Waals surface area contributed by atoms with E-state index in [2.05, 4.69) is 10.3 Å². The van der Waals surface area contributed by atoms with Crippen molar-refractivity contribution in [2.75, 3.05) is 19.5 Å². The Hall–Kier alpha value is -3.32. The Morgan fingerprint density at radius 3 is 2.39 bits per heavy atom. The molecule has 0 aliphatic heterocycles. The minimum absolute atomic E-state index is 0.227. The monoisotopic (exact) mass is 393 g/mol. The van der Waals surface area contributed by atoms with Crippen LogP contribution in [0.2, 0.25) is 0 Å². The second kappa shape index (κ2) is 7.36. The molecule has 2 aromatic carbocycles.